The van der Waals surface area contributed by atoms with Gasteiger partial charge < -0.3 is 20.9 Å². The van der Waals surface area contributed by atoms with Crippen LogP contribution in [0, 0.1) is 0 Å². The Morgan fingerprint density at radius 1 is 0.500 bits per heavy atom. The van der Waals surface area contributed by atoms with Gasteiger partial charge in [-0.1, -0.05) is 25.7 Å². The van der Waals surface area contributed by atoms with E-state index in [1.807, 2.05) is 48.5 Å². The molecule has 4 N–H and O–H groups in total. The van der Waals surface area contributed by atoms with Gasteiger partial charge in [-0.3, -0.25) is 0 Å². The average Bonchev–Trinajstić information content (AvgIpc) is 2.60. The predicted molar refractivity (Wildman–Crippen MR) is 115 cm³/mol. The molecule has 0 saturated carbocycles. The number of nitrogens with two attached hydrogens (primary N) is 2. The van der Waals surface area contributed by atoms with Crippen LogP contribution >= 0.6 is 24.8 Å². The molecule has 0 aliphatic heterocycles. The maximum Gasteiger partial charge on any atom is 0.119 e. The SMILES string of the molecule is Cl.Cl.Nc1ccc(OCCCCCCCCOc2ccc(N)cc2)cc1. The predicted octanol–water partition coefficient (Wildman–Crippen LogP) is 5.49. The molecule has 6 heteroatoms. The third-order valence-corrected chi connectivity index (χ3v) is 3.84. The van der Waals surface area contributed by atoms with Gasteiger partial charge in [0, 0.05) is 11.4 Å². The number of nitrogen functional groups attached to an aromatic ring is 2. The van der Waals surface area contributed by atoms with Gasteiger partial charge in [-0.15, -0.1) is 24.8 Å². The van der Waals surface area contributed by atoms with Crippen LogP contribution in [0.5, 0.6) is 11.5 Å². The van der Waals surface area contributed by atoms with E-state index < -0.39 is 0 Å². The van der Waals surface area contributed by atoms with Crippen molar-refractivity contribution < 1.29 is 9.47 Å². The van der Waals surface area contributed by atoms with Crippen LogP contribution in [0.15, 0.2) is 48.5 Å². The molecule has 0 unspecified atom stereocenters. The fourth-order valence-electron chi connectivity index (χ4n) is 2.42. The fourth-order valence-corrected chi connectivity index (χ4v) is 2.42. The topological polar surface area (TPSA) is 70.5 Å². The van der Waals surface area contributed by atoms with E-state index in [2.05, 4.69) is 0 Å². The van der Waals surface area contributed by atoms with E-state index in [4.69, 9.17) is 20.9 Å². The summed E-state index contributed by atoms with van der Waals surface area (Å²) in [6.45, 7) is 1.54. The molecule has 2 aromatic rings. The van der Waals surface area contributed by atoms with Crippen LogP contribution in [0.1, 0.15) is 38.5 Å². The third kappa shape index (κ3) is 10.3. The lowest BCUT2D eigenvalue weighted by molar-refractivity contribution is 0.297. The zero-order valence-corrected chi connectivity index (χ0v) is 16.7. The molecule has 146 valence electrons. The van der Waals surface area contributed by atoms with Gasteiger partial charge in [-0.2, -0.15) is 0 Å². The highest BCUT2D eigenvalue weighted by atomic mass is 35.5. The minimum absolute atomic E-state index is 0. The van der Waals surface area contributed by atoms with Crippen LogP contribution in [-0.2, 0) is 0 Å². The van der Waals surface area contributed by atoms with Gasteiger partial charge in [-0.05, 0) is 61.4 Å². The fraction of sp³-hybridized carbons (Fsp3) is 0.400. The minimum atomic E-state index is 0. The molecule has 4 nitrogen and oxygen atoms in total. The van der Waals surface area contributed by atoms with Crippen molar-refractivity contribution in [3.05, 3.63) is 48.5 Å². The first-order valence-electron chi connectivity index (χ1n) is 8.71. The molecule has 0 aliphatic rings. The molecule has 0 heterocycles. The summed E-state index contributed by atoms with van der Waals surface area (Å²) in [6.07, 6.45) is 7.07. The molecule has 0 aliphatic carbocycles. The summed E-state index contributed by atoms with van der Waals surface area (Å²) in [4.78, 5) is 0. The number of ether oxygens (including phenoxy) is 2. The molecule has 0 aromatic heterocycles. The number of hydrogen-bond acceptors (Lipinski definition) is 4. The number of rotatable bonds is 11. The lowest BCUT2D eigenvalue weighted by Gasteiger charge is -2.07. The summed E-state index contributed by atoms with van der Waals surface area (Å²) in [6, 6.07) is 15.1. The van der Waals surface area contributed by atoms with Crippen molar-refractivity contribution in [2.45, 2.75) is 38.5 Å². The van der Waals surface area contributed by atoms with Crippen LogP contribution in [0.25, 0.3) is 0 Å². The Morgan fingerprint density at radius 2 is 0.808 bits per heavy atom. The zero-order chi connectivity index (χ0) is 17.0. The smallest absolute Gasteiger partial charge is 0.119 e. The summed E-state index contributed by atoms with van der Waals surface area (Å²) >= 11 is 0. The van der Waals surface area contributed by atoms with Gasteiger partial charge in [-0.25, -0.2) is 0 Å². The summed E-state index contributed by atoms with van der Waals surface area (Å²) in [5.74, 6) is 1.79. The molecule has 0 spiro atoms. The average molecular weight is 401 g/mol. The lowest BCUT2D eigenvalue weighted by atomic mass is 10.1. The Bertz CT molecular complexity index is 524. The number of anilines is 2. The molecule has 2 aromatic carbocycles. The molecule has 0 fully saturated rings. The summed E-state index contributed by atoms with van der Waals surface area (Å²) < 4.78 is 11.4. The monoisotopic (exact) mass is 400 g/mol. The van der Waals surface area contributed by atoms with E-state index in [0.717, 1.165) is 48.9 Å². The standard InChI is InChI=1S/C20H28N2O2.2ClH/c21-17-7-11-19(12-8-17)23-15-5-3-1-2-4-6-16-24-20-13-9-18(22)10-14-20;;/h7-14H,1-6,15-16,21-22H2;2*1H. The van der Waals surface area contributed by atoms with Gasteiger partial charge in [0.05, 0.1) is 13.2 Å². The van der Waals surface area contributed by atoms with Crippen molar-refractivity contribution in [3.63, 3.8) is 0 Å². The maximum absolute atomic E-state index is 5.68. The van der Waals surface area contributed by atoms with Crippen LogP contribution in [0.2, 0.25) is 0 Å². The quantitative estimate of drug-likeness (QED) is 0.386. The summed E-state index contributed by atoms with van der Waals surface area (Å²) in [5.41, 5.74) is 12.8. The van der Waals surface area contributed by atoms with Crippen molar-refractivity contribution in [2.75, 3.05) is 24.7 Å². The highest BCUT2D eigenvalue weighted by Gasteiger charge is 1.96. The first kappa shape index (κ1) is 24.2. The van der Waals surface area contributed by atoms with Gasteiger partial charge >= 0.3 is 0 Å². The molecular formula is C20H30Cl2N2O2. The molecule has 26 heavy (non-hydrogen) atoms. The molecule has 0 atom stereocenters. The van der Waals surface area contributed by atoms with Crippen LogP contribution in [0.4, 0.5) is 11.4 Å². The van der Waals surface area contributed by atoms with Crippen LogP contribution < -0.4 is 20.9 Å². The largest absolute Gasteiger partial charge is 0.494 e. The van der Waals surface area contributed by atoms with E-state index in [1.54, 1.807) is 0 Å². The normalized spacial score (nSPS) is 9.69. The first-order valence-corrected chi connectivity index (χ1v) is 8.71. The van der Waals surface area contributed by atoms with Crippen molar-refractivity contribution >= 4 is 36.2 Å². The zero-order valence-electron chi connectivity index (χ0n) is 15.1. The van der Waals surface area contributed by atoms with Crippen LogP contribution in [0.3, 0.4) is 0 Å². The first-order chi connectivity index (χ1) is 11.7. The Morgan fingerprint density at radius 3 is 1.15 bits per heavy atom. The second kappa shape index (κ2) is 14.4. The Labute approximate surface area is 169 Å². The van der Waals surface area contributed by atoms with E-state index in [-0.39, 0.29) is 24.8 Å². The molecule has 0 amide bonds. The molecule has 0 bridgehead atoms. The van der Waals surface area contributed by atoms with Gasteiger partial charge in [0.15, 0.2) is 0 Å². The maximum atomic E-state index is 5.68. The van der Waals surface area contributed by atoms with Crippen molar-refractivity contribution in [3.8, 4) is 11.5 Å². The molecule has 0 saturated heterocycles. The molecular weight excluding hydrogens is 371 g/mol. The second-order valence-corrected chi connectivity index (χ2v) is 5.96. The van der Waals surface area contributed by atoms with E-state index in [9.17, 15) is 0 Å². The number of benzene rings is 2. The number of halogens is 2. The third-order valence-electron chi connectivity index (χ3n) is 3.84. The van der Waals surface area contributed by atoms with E-state index in [0.29, 0.717) is 0 Å². The van der Waals surface area contributed by atoms with Crippen molar-refractivity contribution in [2.24, 2.45) is 0 Å². The number of hydrogen-bond donors (Lipinski definition) is 2. The second-order valence-electron chi connectivity index (χ2n) is 5.96. The lowest BCUT2D eigenvalue weighted by Crippen LogP contribution is -1.98. The van der Waals surface area contributed by atoms with Gasteiger partial charge in [0.2, 0.25) is 0 Å². The van der Waals surface area contributed by atoms with Gasteiger partial charge in [0.1, 0.15) is 11.5 Å². The molecule has 2 rings (SSSR count). The van der Waals surface area contributed by atoms with E-state index >= 15 is 0 Å². The molecule has 0 radical (unpaired) electrons. The Balaban J connectivity index is 0.00000312. The van der Waals surface area contributed by atoms with Gasteiger partial charge in [0.25, 0.3) is 0 Å². The highest BCUT2D eigenvalue weighted by Crippen LogP contribution is 2.15. The Kier molecular flexibility index (Phi) is 13.4. The summed E-state index contributed by atoms with van der Waals surface area (Å²) in [7, 11) is 0. The van der Waals surface area contributed by atoms with E-state index in [1.165, 1.54) is 25.7 Å². The van der Waals surface area contributed by atoms with Crippen LogP contribution in [-0.4, -0.2) is 13.2 Å². The highest BCUT2D eigenvalue weighted by molar-refractivity contribution is 5.85. The van der Waals surface area contributed by atoms with Crippen molar-refractivity contribution in [1.29, 1.82) is 0 Å². The van der Waals surface area contributed by atoms with Crippen molar-refractivity contribution in [1.82, 2.24) is 0 Å². The minimum Gasteiger partial charge on any atom is -0.494 e. The number of unbranched alkanes of at least 4 members (excludes halogenated alkanes) is 5. The Hall–Kier alpha value is -1.78. The summed E-state index contributed by atoms with van der Waals surface area (Å²) in [5, 5.41) is 0.